The van der Waals surface area contributed by atoms with Crippen LogP contribution >= 0.6 is 35.8 Å². The number of benzene rings is 1. The summed E-state index contributed by atoms with van der Waals surface area (Å²) in [7, 11) is 0. The number of aliphatic hydroxyl groups excluding tert-OH is 2. The molecule has 0 saturated carbocycles. The highest BCUT2D eigenvalue weighted by molar-refractivity contribution is 7.80. The van der Waals surface area contributed by atoms with Crippen LogP contribution in [-0.4, -0.2) is 36.6 Å². The fourth-order valence-corrected chi connectivity index (χ4v) is 2.36. The fraction of sp³-hybridized carbons (Fsp3) is 0.412. The largest absolute Gasteiger partial charge is 0.487 e. The first-order valence-electron chi connectivity index (χ1n) is 7.76. The van der Waals surface area contributed by atoms with Gasteiger partial charge in [0.1, 0.15) is 0 Å². The zero-order valence-electron chi connectivity index (χ0n) is 16.0. The number of aryl methyl sites for hydroxylation is 1. The number of thiocarbonyl (C=S) groups is 2. The van der Waals surface area contributed by atoms with Crippen molar-refractivity contribution < 1.29 is 20.1 Å². The maximum atomic E-state index is 9.37. The summed E-state index contributed by atoms with van der Waals surface area (Å²) in [6, 6.07) is 6.46. The summed E-state index contributed by atoms with van der Waals surface area (Å²) in [6.07, 6.45) is 0.222. The Morgan fingerprint density at radius 2 is 1.56 bits per heavy atom. The van der Waals surface area contributed by atoms with Crippen molar-refractivity contribution in [3.63, 3.8) is 0 Å². The van der Waals surface area contributed by atoms with Gasteiger partial charge in [-0.05, 0) is 49.1 Å². The SMILES string of the molecule is CCC(=O)O.Cc1ccc2sc(C(C)(C)C)nc2c1.NC(O)=S.NC(O)=S. The number of fused-ring (bicyclic) bond motifs is 1. The van der Waals surface area contributed by atoms with Crippen molar-refractivity contribution in [2.45, 2.75) is 46.5 Å². The van der Waals surface area contributed by atoms with E-state index in [1.165, 1.54) is 15.3 Å². The number of thiazole rings is 1. The third-order valence-corrected chi connectivity index (χ3v) is 3.95. The minimum Gasteiger partial charge on any atom is -0.487 e. The first-order chi connectivity index (χ1) is 12.2. The lowest BCUT2D eigenvalue weighted by Gasteiger charge is -2.13. The third kappa shape index (κ3) is 15.9. The van der Waals surface area contributed by atoms with Crippen molar-refractivity contribution in [1.29, 1.82) is 0 Å². The molecule has 0 amide bonds. The van der Waals surface area contributed by atoms with Gasteiger partial charge < -0.3 is 26.8 Å². The van der Waals surface area contributed by atoms with Gasteiger partial charge in [0.25, 0.3) is 10.3 Å². The number of aliphatic carboxylic acids is 1. The molecule has 1 heterocycles. The molecule has 0 atom stereocenters. The van der Waals surface area contributed by atoms with Crippen LogP contribution in [0, 0.1) is 6.92 Å². The third-order valence-electron chi connectivity index (χ3n) is 2.49. The van der Waals surface area contributed by atoms with E-state index in [0.29, 0.717) is 0 Å². The highest BCUT2D eigenvalue weighted by Crippen LogP contribution is 2.31. The number of carboxylic acids is 1. The van der Waals surface area contributed by atoms with Crippen LogP contribution in [0.3, 0.4) is 0 Å². The average molecular weight is 434 g/mol. The van der Waals surface area contributed by atoms with E-state index in [1.54, 1.807) is 18.3 Å². The second-order valence-corrected chi connectivity index (χ2v) is 8.03. The molecule has 1 aromatic heterocycles. The van der Waals surface area contributed by atoms with E-state index in [4.69, 9.17) is 15.3 Å². The molecule has 0 unspecified atom stereocenters. The topological polar surface area (TPSA) is 143 Å². The van der Waals surface area contributed by atoms with Gasteiger partial charge in [-0.1, -0.05) is 33.8 Å². The molecule has 0 fully saturated rings. The highest BCUT2D eigenvalue weighted by atomic mass is 32.1. The molecule has 2 rings (SSSR count). The summed E-state index contributed by atoms with van der Waals surface area (Å²) in [6.45, 7) is 10.3. The zero-order valence-corrected chi connectivity index (χ0v) is 18.5. The van der Waals surface area contributed by atoms with Crippen molar-refractivity contribution in [3.8, 4) is 0 Å². The molecule has 0 aliphatic rings. The molecule has 0 aliphatic heterocycles. The predicted molar refractivity (Wildman–Crippen MR) is 120 cm³/mol. The van der Waals surface area contributed by atoms with Crippen LogP contribution < -0.4 is 11.5 Å². The number of hydrogen-bond donors (Lipinski definition) is 5. The van der Waals surface area contributed by atoms with Gasteiger partial charge in [0.05, 0.1) is 15.2 Å². The molecule has 27 heavy (non-hydrogen) atoms. The van der Waals surface area contributed by atoms with Crippen LogP contribution in [-0.2, 0) is 10.2 Å². The molecule has 0 radical (unpaired) electrons. The fourth-order valence-electron chi connectivity index (χ4n) is 1.36. The Hall–Kier alpha value is -2.04. The average Bonchev–Trinajstić information content (AvgIpc) is 2.89. The standard InChI is InChI=1S/C12H15NS.C3H6O2.2CH3NOS/c1-8-5-6-10-9(7-8)13-11(14-10)12(2,3)4;1-2-3(4)5;2*2-1(3)4/h5-7H,1-4H3;2H2,1H3,(H,4,5);2*(H3,2,3,4). The smallest absolute Gasteiger partial charge is 0.303 e. The summed E-state index contributed by atoms with van der Waals surface area (Å²) in [5.74, 6) is -0.745. The van der Waals surface area contributed by atoms with Crippen molar-refractivity contribution in [3.05, 3.63) is 28.8 Å². The van der Waals surface area contributed by atoms with E-state index < -0.39 is 16.3 Å². The number of nitrogens with two attached hydrogens (primary N) is 2. The van der Waals surface area contributed by atoms with Gasteiger partial charge in [-0.15, -0.1) is 11.3 Å². The van der Waals surface area contributed by atoms with Crippen molar-refractivity contribution in [2.75, 3.05) is 0 Å². The van der Waals surface area contributed by atoms with Crippen LogP contribution in [0.5, 0.6) is 0 Å². The highest BCUT2D eigenvalue weighted by Gasteiger charge is 2.18. The van der Waals surface area contributed by atoms with Gasteiger partial charge in [0.15, 0.2) is 0 Å². The van der Waals surface area contributed by atoms with Gasteiger partial charge in [-0.25, -0.2) is 4.98 Å². The van der Waals surface area contributed by atoms with Crippen molar-refractivity contribution in [1.82, 2.24) is 4.98 Å². The summed E-state index contributed by atoms with van der Waals surface area (Å²) >= 11 is 9.54. The van der Waals surface area contributed by atoms with Gasteiger partial charge in [0.2, 0.25) is 0 Å². The summed E-state index contributed by atoms with van der Waals surface area (Å²) < 4.78 is 1.29. The van der Waals surface area contributed by atoms with Crippen molar-refractivity contribution in [2.24, 2.45) is 11.5 Å². The van der Waals surface area contributed by atoms with E-state index >= 15 is 0 Å². The molecule has 152 valence electrons. The summed E-state index contributed by atoms with van der Waals surface area (Å²) in [5, 5.41) is 23.1. The molecule has 2 aromatic rings. The summed E-state index contributed by atoms with van der Waals surface area (Å²) in [4.78, 5) is 14.0. The quantitative estimate of drug-likeness (QED) is 0.422. The number of aliphatic hydroxyl groups is 2. The zero-order chi connectivity index (χ0) is 21.8. The first-order valence-corrected chi connectivity index (χ1v) is 9.40. The van der Waals surface area contributed by atoms with Crippen LogP contribution in [0.1, 0.15) is 44.7 Å². The number of rotatable bonds is 1. The lowest BCUT2D eigenvalue weighted by molar-refractivity contribution is -0.136. The molecule has 7 N–H and O–H groups in total. The second kappa shape index (κ2) is 13.2. The number of hydrogen-bond acceptors (Lipinski definition) is 5. The maximum absolute atomic E-state index is 9.37. The Labute approximate surface area is 174 Å². The minimum atomic E-state index is -0.745. The molecular weight excluding hydrogens is 406 g/mol. The maximum Gasteiger partial charge on any atom is 0.303 e. The molecular formula is C17H27N3O4S3. The van der Waals surface area contributed by atoms with Crippen molar-refractivity contribution >= 4 is 62.3 Å². The van der Waals surface area contributed by atoms with Crippen LogP contribution in [0.4, 0.5) is 0 Å². The van der Waals surface area contributed by atoms with E-state index in [0.717, 1.165) is 5.52 Å². The number of nitrogens with zero attached hydrogens (tertiary/aromatic N) is 1. The molecule has 0 saturated heterocycles. The normalized spacial score (nSPS) is 9.52. The molecule has 0 spiro atoms. The Kier molecular flexibility index (Phi) is 13.3. The van der Waals surface area contributed by atoms with E-state index in [9.17, 15) is 4.79 Å². The number of aromatic nitrogens is 1. The molecule has 7 nitrogen and oxygen atoms in total. The predicted octanol–water partition coefficient (Wildman–Crippen LogP) is 3.96. The minimum absolute atomic E-state index is 0.164. The molecule has 0 bridgehead atoms. The van der Waals surface area contributed by atoms with Crippen LogP contribution in [0.25, 0.3) is 10.2 Å². The second-order valence-electron chi connectivity index (χ2n) is 6.16. The van der Waals surface area contributed by atoms with E-state index in [2.05, 4.69) is 86.8 Å². The van der Waals surface area contributed by atoms with E-state index in [-0.39, 0.29) is 11.8 Å². The van der Waals surface area contributed by atoms with Gasteiger partial charge in [0, 0.05) is 11.8 Å². The Balaban J connectivity index is 0. The van der Waals surface area contributed by atoms with Crippen LogP contribution in [0.2, 0.25) is 0 Å². The summed E-state index contributed by atoms with van der Waals surface area (Å²) in [5.41, 5.74) is 11.4. The molecule has 10 heteroatoms. The first kappa shape index (κ1) is 27.2. The van der Waals surface area contributed by atoms with Crippen LogP contribution in [0.15, 0.2) is 18.2 Å². The van der Waals surface area contributed by atoms with Gasteiger partial charge >= 0.3 is 5.97 Å². The Morgan fingerprint density at radius 1 is 1.15 bits per heavy atom. The van der Waals surface area contributed by atoms with E-state index in [1.807, 2.05) is 0 Å². The monoisotopic (exact) mass is 433 g/mol. The molecule has 1 aromatic carbocycles. The van der Waals surface area contributed by atoms with Gasteiger partial charge in [-0.3, -0.25) is 4.79 Å². The lowest BCUT2D eigenvalue weighted by atomic mass is 9.98. The Bertz CT molecular complexity index is 735. The van der Waals surface area contributed by atoms with Gasteiger partial charge in [-0.2, -0.15) is 0 Å². The number of carbonyl (C=O) groups is 1. The lowest BCUT2D eigenvalue weighted by Crippen LogP contribution is -2.09. The Morgan fingerprint density at radius 3 is 1.89 bits per heavy atom. The number of carboxylic acid groups (broad SMARTS) is 1. The molecule has 0 aliphatic carbocycles.